The van der Waals surface area contributed by atoms with Crippen molar-refractivity contribution in [2.75, 3.05) is 6.54 Å². The molecule has 1 aliphatic carbocycles. The summed E-state index contributed by atoms with van der Waals surface area (Å²) in [7, 11) is 0. The fraction of sp³-hybridized carbons (Fsp3) is 0.524. The molecule has 1 aromatic carbocycles. The van der Waals surface area contributed by atoms with Crippen LogP contribution < -0.4 is 10.6 Å². The molecule has 0 aromatic heterocycles. The zero-order valence-corrected chi connectivity index (χ0v) is 16.5. The number of carbonyl (C=O) groups excluding carboxylic acids is 3. The van der Waals surface area contributed by atoms with Crippen molar-refractivity contribution in [3.05, 3.63) is 35.4 Å². The van der Waals surface area contributed by atoms with Crippen LogP contribution in [0.25, 0.3) is 0 Å². The van der Waals surface area contributed by atoms with Crippen LogP contribution in [0.4, 0.5) is 4.79 Å². The third-order valence-electron chi connectivity index (χ3n) is 5.67. The van der Waals surface area contributed by atoms with E-state index in [0.717, 1.165) is 30.6 Å². The summed E-state index contributed by atoms with van der Waals surface area (Å²) in [6.07, 6.45) is 3.75. The van der Waals surface area contributed by atoms with Crippen molar-refractivity contribution >= 4 is 17.8 Å². The summed E-state index contributed by atoms with van der Waals surface area (Å²) >= 11 is 0. The van der Waals surface area contributed by atoms with Gasteiger partial charge in [-0.1, -0.05) is 37.6 Å². The minimum absolute atomic E-state index is 0.122. The third kappa shape index (κ3) is 3.59. The van der Waals surface area contributed by atoms with Gasteiger partial charge >= 0.3 is 6.03 Å². The Hall–Kier alpha value is -2.88. The number of aryl methyl sites for hydroxylation is 1. The molecule has 2 N–H and O–H groups in total. The van der Waals surface area contributed by atoms with Crippen LogP contribution in [-0.4, -0.2) is 34.8 Å². The van der Waals surface area contributed by atoms with Crippen molar-refractivity contribution in [1.29, 1.82) is 5.26 Å². The smallest absolute Gasteiger partial charge is 0.325 e. The van der Waals surface area contributed by atoms with Gasteiger partial charge in [-0.2, -0.15) is 5.26 Å². The molecule has 1 aromatic rings. The second kappa shape index (κ2) is 7.27. The molecule has 2 fully saturated rings. The van der Waals surface area contributed by atoms with Crippen LogP contribution in [0.1, 0.15) is 51.2 Å². The van der Waals surface area contributed by atoms with Gasteiger partial charge in [-0.05, 0) is 50.2 Å². The van der Waals surface area contributed by atoms with E-state index in [9.17, 15) is 19.6 Å². The lowest BCUT2D eigenvalue weighted by Gasteiger charge is -2.25. The number of urea groups is 1. The molecule has 0 bridgehead atoms. The first-order valence-corrected chi connectivity index (χ1v) is 9.69. The molecule has 28 heavy (non-hydrogen) atoms. The van der Waals surface area contributed by atoms with Crippen molar-refractivity contribution < 1.29 is 14.4 Å². The van der Waals surface area contributed by atoms with Crippen molar-refractivity contribution in [1.82, 2.24) is 15.5 Å². The van der Waals surface area contributed by atoms with Gasteiger partial charge in [-0.15, -0.1) is 0 Å². The molecule has 1 saturated heterocycles. The zero-order valence-electron chi connectivity index (χ0n) is 16.5. The molecule has 2 unspecified atom stereocenters. The summed E-state index contributed by atoms with van der Waals surface area (Å²) in [5.41, 5.74) is -0.335. The predicted octanol–water partition coefficient (Wildman–Crippen LogP) is 2.21. The van der Waals surface area contributed by atoms with Crippen molar-refractivity contribution in [2.24, 2.45) is 5.92 Å². The quantitative estimate of drug-likeness (QED) is 0.706. The van der Waals surface area contributed by atoms with E-state index in [-0.39, 0.29) is 5.92 Å². The Balaban J connectivity index is 1.72. The average molecular weight is 382 g/mol. The highest BCUT2D eigenvalue weighted by atomic mass is 16.2. The first-order chi connectivity index (χ1) is 13.2. The topological polar surface area (TPSA) is 102 Å². The van der Waals surface area contributed by atoms with E-state index >= 15 is 0 Å². The lowest BCUT2D eigenvalue weighted by Crippen LogP contribution is -2.51. The Morgan fingerprint density at radius 2 is 2.00 bits per heavy atom. The monoisotopic (exact) mass is 382 g/mol. The van der Waals surface area contributed by atoms with Crippen molar-refractivity contribution in [3.63, 3.8) is 0 Å². The van der Waals surface area contributed by atoms with Gasteiger partial charge in [0.15, 0.2) is 0 Å². The van der Waals surface area contributed by atoms with Gasteiger partial charge in [0.05, 0.1) is 6.07 Å². The standard InChI is InChI=1S/C21H26N4O3/c1-4-5-14-6-8-16(9-7-14)21(3)18(27)25(19(28)24-21)12-17(26)23-20(2,13-22)15-10-11-15/h6-9,15H,4-5,10-12H2,1-3H3,(H,23,26)(H,24,28). The Kier molecular flexibility index (Phi) is 5.16. The summed E-state index contributed by atoms with van der Waals surface area (Å²) in [4.78, 5) is 38.7. The van der Waals surface area contributed by atoms with Crippen LogP contribution in [0.5, 0.6) is 0 Å². The second-order valence-electron chi connectivity index (χ2n) is 8.03. The number of nitriles is 1. The highest BCUT2D eigenvalue weighted by molar-refractivity contribution is 6.09. The number of hydrogen-bond acceptors (Lipinski definition) is 4. The lowest BCUT2D eigenvalue weighted by atomic mass is 9.91. The molecule has 2 atom stereocenters. The van der Waals surface area contributed by atoms with E-state index in [1.54, 1.807) is 13.8 Å². The summed E-state index contributed by atoms with van der Waals surface area (Å²) < 4.78 is 0. The average Bonchev–Trinajstić information content (AvgIpc) is 3.49. The van der Waals surface area contributed by atoms with E-state index < -0.39 is 35.5 Å². The highest BCUT2D eigenvalue weighted by Crippen LogP contribution is 2.39. The van der Waals surface area contributed by atoms with Gasteiger partial charge in [0.1, 0.15) is 17.6 Å². The van der Waals surface area contributed by atoms with Crippen LogP contribution in [0.15, 0.2) is 24.3 Å². The number of hydrogen-bond donors (Lipinski definition) is 2. The predicted molar refractivity (Wildman–Crippen MR) is 103 cm³/mol. The first-order valence-electron chi connectivity index (χ1n) is 9.69. The molecule has 4 amide bonds. The normalized spacial score (nSPS) is 23.7. The van der Waals surface area contributed by atoms with Crippen LogP contribution in [0.2, 0.25) is 0 Å². The Labute approximate surface area is 165 Å². The Morgan fingerprint density at radius 3 is 2.54 bits per heavy atom. The number of carbonyl (C=O) groups is 3. The molecule has 148 valence electrons. The molecular weight excluding hydrogens is 356 g/mol. The molecule has 2 aliphatic rings. The minimum atomic E-state index is -1.21. The third-order valence-corrected chi connectivity index (χ3v) is 5.67. The van der Waals surface area contributed by atoms with Gasteiger partial charge in [-0.25, -0.2) is 4.79 Å². The van der Waals surface area contributed by atoms with E-state index in [4.69, 9.17) is 0 Å². The van der Waals surface area contributed by atoms with E-state index in [2.05, 4.69) is 23.6 Å². The maximum atomic E-state index is 13.0. The molecule has 1 saturated carbocycles. The zero-order chi connectivity index (χ0) is 20.5. The van der Waals surface area contributed by atoms with Gasteiger partial charge in [0, 0.05) is 0 Å². The number of amides is 4. The van der Waals surface area contributed by atoms with Gasteiger partial charge in [0.2, 0.25) is 5.91 Å². The Morgan fingerprint density at radius 1 is 1.36 bits per heavy atom. The van der Waals surface area contributed by atoms with Crippen LogP contribution in [0, 0.1) is 17.2 Å². The van der Waals surface area contributed by atoms with Gasteiger partial charge < -0.3 is 10.6 Å². The number of nitrogens with zero attached hydrogens (tertiary/aromatic N) is 2. The molecule has 1 heterocycles. The molecule has 7 nitrogen and oxygen atoms in total. The lowest BCUT2D eigenvalue weighted by molar-refractivity contribution is -0.135. The first kappa shape index (κ1) is 19.9. The summed E-state index contributed by atoms with van der Waals surface area (Å²) in [6.45, 7) is 5.01. The number of imide groups is 1. The SMILES string of the molecule is CCCc1ccc(C2(C)NC(=O)N(CC(=O)NC(C)(C#N)C3CC3)C2=O)cc1. The summed E-state index contributed by atoms with van der Waals surface area (Å²) in [6, 6.07) is 9.12. The Bertz CT molecular complexity index is 840. The van der Waals surface area contributed by atoms with E-state index in [0.29, 0.717) is 5.56 Å². The van der Waals surface area contributed by atoms with Crippen LogP contribution >= 0.6 is 0 Å². The maximum Gasteiger partial charge on any atom is 0.325 e. The highest BCUT2D eigenvalue weighted by Gasteiger charge is 2.50. The van der Waals surface area contributed by atoms with Crippen molar-refractivity contribution in [3.8, 4) is 6.07 Å². The summed E-state index contributed by atoms with van der Waals surface area (Å²) in [5.74, 6) is -0.862. The molecular formula is C21H26N4O3. The molecule has 1 aliphatic heterocycles. The molecule has 3 rings (SSSR count). The maximum absolute atomic E-state index is 13.0. The van der Waals surface area contributed by atoms with Crippen molar-refractivity contribution in [2.45, 2.75) is 57.5 Å². The van der Waals surface area contributed by atoms with Crippen LogP contribution in [0.3, 0.4) is 0 Å². The fourth-order valence-corrected chi connectivity index (χ4v) is 3.68. The van der Waals surface area contributed by atoms with Gasteiger partial charge in [0.25, 0.3) is 5.91 Å². The number of benzene rings is 1. The molecule has 7 heteroatoms. The van der Waals surface area contributed by atoms with Crippen LogP contribution in [-0.2, 0) is 21.5 Å². The van der Waals surface area contributed by atoms with E-state index in [1.165, 1.54) is 5.56 Å². The van der Waals surface area contributed by atoms with Gasteiger partial charge in [-0.3, -0.25) is 14.5 Å². The second-order valence-corrected chi connectivity index (χ2v) is 8.03. The largest absolute Gasteiger partial charge is 0.336 e. The fourth-order valence-electron chi connectivity index (χ4n) is 3.68. The van der Waals surface area contributed by atoms with E-state index in [1.807, 2.05) is 24.3 Å². The minimum Gasteiger partial charge on any atom is -0.336 e. The number of rotatable bonds is 7. The number of nitrogens with one attached hydrogen (secondary N) is 2. The molecule has 0 radical (unpaired) electrons. The summed E-state index contributed by atoms with van der Waals surface area (Å²) in [5, 5.41) is 14.8. The molecule has 0 spiro atoms.